The first-order valence-corrected chi connectivity index (χ1v) is 6.85. The van der Waals surface area contributed by atoms with Crippen LogP contribution in [0.15, 0.2) is 24.3 Å². The van der Waals surface area contributed by atoms with Crippen LogP contribution in [0.25, 0.3) is 0 Å². The molecule has 1 heterocycles. The van der Waals surface area contributed by atoms with E-state index in [1.165, 1.54) is 5.56 Å². The lowest BCUT2D eigenvalue weighted by molar-refractivity contribution is -0.122. The van der Waals surface area contributed by atoms with Crippen molar-refractivity contribution in [3.8, 4) is 0 Å². The standard InChI is InChI=1S/C14H19ClN2O2/c1-19-12-8-13(17-9-12)14(18)16-7-6-10-2-4-11(15)5-3-10/h2-5,12-13,17H,6-9H2,1H3,(H,16,18). The lowest BCUT2D eigenvalue weighted by atomic mass is 10.1. The number of benzene rings is 1. The van der Waals surface area contributed by atoms with Crippen LogP contribution in [-0.4, -0.2) is 38.3 Å². The quantitative estimate of drug-likeness (QED) is 0.858. The molecule has 1 aliphatic heterocycles. The van der Waals surface area contributed by atoms with E-state index in [0.29, 0.717) is 6.54 Å². The van der Waals surface area contributed by atoms with Crippen molar-refractivity contribution < 1.29 is 9.53 Å². The first-order chi connectivity index (χ1) is 9.19. The molecule has 0 aliphatic carbocycles. The highest BCUT2D eigenvalue weighted by Gasteiger charge is 2.28. The fourth-order valence-corrected chi connectivity index (χ4v) is 2.31. The third-order valence-corrected chi connectivity index (χ3v) is 3.62. The van der Waals surface area contributed by atoms with Crippen LogP contribution in [0.1, 0.15) is 12.0 Å². The summed E-state index contributed by atoms with van der Waals surface area (Å²) in [5, 5.41) is 6.83. The van der Waals surface area contributed by atoms with Gasteiger partial charge in [-0.15, -0.1) is 0 Å². The van der Waals surface area contributed by atoms with Gasteiger partial charge in [-0.2, -0.15) is 0 Å². The van der Waals surface area contributed by atoms with Gasteiger partial charge in [-0.05, 0) is 30.5 Å². The third kappa shape index (κ3) is 4.20. The van der Waals surface area contributed by atoms with E-state index in [9.17, 15) is 4.79 Å². The van der Waals surface area contributed by atoms with Crippen molar-refractivity contribution in [1.29, 1.82) is 0 Å². The maximum atomic E-state index is 11.9. The predicted molar refractivity (Wildman–Crippen MR) is 75.4 cm³/mol. The van der Waals surface area contributed by atoms with Gasteiger partial charge in [0, 0.05) is 25.2 Å². The van der Waals surface area contributed by atoms with Crippen LogP contribution < -0.4 is 10.6 Å². The molecule has 1 aromatic rings. The highest BCUT2D eigenvalue weighted by Crippen LogP contribution is 2.11. The van der Waals surface area contributed by atoms with Gasteiger partial charge in [0.2, 0.25) is 5.91 Å². The van der Waals surface area contributed by atoms with Crippen LogP contribution in [0, 0.1) is 0 Å². The molecule has 2 unspecified atom stereocenters. The molecular weight excluding hydrogens is 264 g/mol. The van der Waals surface area contributed by atoms with E-state index < -0.39 is 0 Å². The molecule has 1 fully saturated rings. The smallest absolute Gasteiger partial charge is 0.237 e. The molecule has 5 heteroatoms. The van der Waals surface area contributed by atoms with Gasteiger partial charge in [0.25, 0.3) is 0 Å². The fraction of sp³-hybridized carbons (Fsp3) is 0.500. The van der Waals surface area contributed by atoms with Gasteiger partial charge in [-0.3, -0.25) is 4.79 Å². The molecule has 0 aromatic heterocycles. The lowest BCUT2D eigenvalue weighted by Crippen LogP contribution is -2.41. The summed E-state index contributed by atoms with van der Waals surface area (Å²) in [7, 11) is 1.67. The summed E-state index contributed by atoms with van der Waals surface area (Å²) in [6.07, 6.45) is 1.69. The van der Waals surface area contributed by atoms with Crippen molar-refractivity contribution >= 4 is 17.5 Å². The molecule has 0 bridgehead atoms. The highest BCUT2D eigenvalue weighted by molar-refractivity contribution is 6.30. The second kappa shape index (κ2) is 6.89. The van der Waals surface area contributed by atoms with Crippen molar-refractivity contribution in [2.75, 3.05) is 20.2 Å². The maximum absolute atomic E-state index is 11.9. The van der Waals surface area contributed by atoms with Crippen molar-refractivity contribution in [2.24, 2.45) is 0 Å². The van der Waals surface area contributed by atoms with Crippen molar-refractivity contribution in [3.63, 3.8) is 0 Å². The van der Waals surface area contributed by atoms with Gasteiger partial charge < -0.3 is 15.4 Å². The average Bonchev–Trinajstić information content (AvgIpc) is 2.90. The minimum Gasteiger partial charge on any atom is -0.380 e. The zero-order valence-electron chi connectivity index (χ0n) is 11.0. The van der Waals surface area contributed by atoms with Gasteiger partial charge >= 0.3 is 0 Å². The van der Waals surface area contributed by atoms with Gasteiger partial charge in [-0.1, -0.05) is 23.7 Å². The van der Waals surface area contributed by atoms with Gasteiger partial charge in [0.1, 0.15) is 0 Å². The molecule has 4 nitrogen and oxygen atoms in total. The van der Waals surface area contributed by atoms with E-state index >= 15 is 0 Å². The zero-order chi connectivity index (χ0) is 13.7. The Morgan fingerprint density at radius 3 is 2.84 bits per heavy atom. The van der Waals surface area contributed by atoms with Crippen LogP contribution in [0.4, 0.5) is 0 Å². The van der Waals surface area contributed by atoms with Gasteiger partial charge in [0.05, 0.1) is 12.1 Å². The first-order valence-electron chi connectivity index (χ1n) is 6.47. The number of hydrogen-bond donors (Lipinski definition) is 2. The topological polar surface area (TPSA) is 50.4 Å². The second-order valence-corrected chi connectivity index (χ2v) is 5.16. The van der Waals surface area contributed by atoms with Gasteiger partial charge in [0.15, 0.2) is 0 Å². The summed E-state index contributed by atoms with van der Waals surface area (Å²) in [6, 6.07) is 7.54. The Morgan fingerprint density at radius 2 is 2.21 bits per heavy atom. The Bertz CT molecular complexity index is 422. The Kier molecular flexibility index (Phi) is 5.19. The predicted octanol–water partition coefficient (Wildman–Crippen LogP) is 1.38. The Hall–Kier alpha value is -1.10. The minimum atomic E-state index is -0.129. The van der Waals surface area contributed by atoms with E-state index in [0.717, 1.165) is 24.4 Å². The highest BCUT2D eigenvalue weighted by atomic mass is 35.5. The van der Waals surface area contributed by atoms with E-state index in [4.69, 9.17) is 16.3 Å². The number of carbonyl (C=O) groups excluding carboxylic acids is 1. The molecule has 1 aliphatic rings. The summed E-state index contributed by atoms with van der Waals surface area (Å²) in [4.78, 5) is 11.9. The summed E-state index contributed by atoms with van der Waals surface area (Å²) in [6.45, 7) is 1.38. The SMILES string of the molecule is COC1CNC(C(=O)NCCc2ccc(Cl)cc2)C1. The van der Waals surface area contributed by atoms with Crippen LogP contribution in [0.2, 0.25) is 5.02 Å². The summed E-state index contributed by atoms with van der Waals surface area (Å²) in [5.41, 5.74) is 1.17. The number of hydrogen-bond acceptors (Lipinski definition) is 3. The fourth-order valence-electron chi connectivity index (χ4n) is 2.19. The molecule has 2 rings (SSSR count). The lowest BCUT2D eigenvalue weighted by Gasteiger charge is -2.11. The van der Waals surface area contributed by atoms with E-state index in [1.807, 2.05) is 24.3 Å². The monoisotopic (exact) mass is 282 g/mol. The van der Waals surface area contributed by atoms with Crippen LogP contribution in [-0.2, 0) is 16.0 Å². The summed E-state index contributed by atoms with van der Waals surface area (Å²) in [5.74, 6) is 0.0495. The van der Waals surface area contributed by atoms with Crippen molar-refractivity contribution in [3.05, 3.63) is 34.9 Å². The number of nitrogens with one attached hydrogen (secondary N) is 2. The minimum absolute atomic E-state index is 0.0495. The van der Waals surface area contributed by atoms with E-state index in [1.54, 1.807) is 7.11 Å². The summed E-state index contributed by atoms with van der Waals surface area (Å²) >= 11 is 5.82. The molecule has 2 N–H and O–H groups in total. The largest absolute Gasteiger partial charge is 0.380 e. The Morgan fingerprint density at radius 1 is 1.47 bits per heavy atom. The Labute approximate surface area is 118 Å². The van der Waals surface area contributed by atoms with E-state index in [2.05, 4.69) is 10.6 Å². The number of rotatable bonds is 5. The molecule has 0 radical (unpaired) electrons. The molecule has 1 amide bonds. The Balaban J connectivity index is 1.71. The molecule has 0 spiro atoms. The zero-order valence-corrected chi connectivity index (χ0v) is 11.7. The normalized spacial score (nSPS) is 22.4. The number of carbonyl (C=O) groups is 1. The van der Waals surface area contributed by atoms with Crippen LogP contribution >= 0.6 is 11.6 Å². The average molecular weight is 283 g/mol. The number of halogens is 1. The molecular formula is C14H19ClN2O2. The number of ether oxygens (including phenoxy) is 1. The molecule has 104 valence electrons. The van der Waals surface area contributed by atoms with Crippen LogP contribution in [0.5, 0.6) is 0 Å². The van der Waals surface area contributed by atoms with E-state index in [-0.39, 0.29) is 18.1 Å². The van der Waals surface area contributed by atoms with Crippen LogP contribution in [0.3, 0.4) is 0 Å². The summed E-state index contributed by atoms with van der Waals surface area (Å²) < 4.78 is 5.22. The molecule has 0 saturated carbocycles. The number of methoxy groups -OCH3 is 1. The molecule has 2 atom stereocenters. The molecule has 19 heavy (non-hydrogen) atoms. The van der Waals surface area contributed by atoms with Crippen molar-refractivity contribution in [1.82, 2.24) is 10.6 Å². The number of amides is 1. The molecule has 1 aromatic carbocycles. The second-order valence-electron chi connectivity index (χ2n) is 4.72. The third-order valence-electron chi connectivity index (χ3n) is 3.37. The first kappa shape index (κ1) is 14.3. The molecule has 1 saturated heterocycles. The van der Waals surface area contributed by atoms with Gasteiger partial charge in [-0.25, -0.2) is 0 Å². The maximum Gasteiger partial charge on any atom is 0.237 e. The van der Waals surface area contributed by atoms with Crippen molar-refractivity contribution in [2.45, 2.75) is 25.0 Å².